The SMILES string of the molecule is CCCCCCCCCCC(O)CC(O)(CO)C(=O)OP(=O)(O)O.[H-].[Na+]. The van der Waals surface area contributed by atoms with Gasteiger partial charge in [0.05, 0.1) is 12.7 Å². The Morgan fingerprint density at radius 3 is 2.04 bits per heavy atom. The van der Waals surface area contributed by atoms with E-state index in [1.54, 1.807) is 0 Å². The van der Waals surface area contributed by atoms with Crippen LogP contribution in [0.15, 0.2) is 0 Å². The maximum absolute atomic E-state index is 11.5. The van der Waals surface area contributed by atoms with E-state index in [-0.39, 0.29) is 31.0 Å². The molecule has 5 N–H and O–H groups in total. The smallest absolute Gasteiger partial charge is 1.00 e. The molecule has 0 aliphatic rings. The Kier molecular flexibility index (Phi) is 16.1. The van der Waals surface area contributed by atoms with Crippen LogP contribution < -0.4 is 29.6 Å². The fourth-order valence-electron chi connectivity index (χ4n) is 2.41. The molecule has 0 rings (SSSR count). The second-order valence-corrected chi connectivity index (χ2v) is 7.34. The molecule has 0 aromatic carbocycles. The minimum absolute atomic E-state index is 0. The van der Waals surface area contributed by atoms with Gasteiger partial charge in [-0.3, -0.25) is 9.79 Å². The van der Waals surface area contributed by atoms with Gasteiger partial charge in [0.15, 0.2) is 5.60 Å². The van der Waals surface area contributed by atoms with Crippen molar-refractivity contribution in [2.45, 2.75) is 82.8 Å². The van der Waals surface area contributed by atoms with Crippen LogP contribution in [-0.2, 0) is 13.9 Å². The topological polar surface area (TPSA) is 145 Å². The zero-order valence-corrected chi connectivity index (χ0v) is 18.2. The summed E-state index contributed by atoms with van der Waals surface area (Å²) in [5, 5.41) is 28.9. The fraction of sp³-hybridized carbons (Fsp3) is 0.933. The van der Waals surface area contributed by atoms with Crippen molar-refractivity contribution in [1.82, 2.24) is 0 Å². The number of hydrogen-bond acceptors (Lipinski definition) is 6. The Bertz CT molecular complexity index is 409. The van der Waals surface area contributed by atoms with E-state index in [0.717, 1.165) is 19.3 Å². The molecule has 0 aromatic heterocycles. The second-order valence-electron chi connectivity index (χ2n) is 6.18. The first-order valence-electron chi connectivity index (χ1n) is 8.45. The Morgan fingerprint density at radius 2 is 1.60 bits per heavy atom. The van der Waals surface area contributed by atoms with Gasteiger partial charge in [-0.2, -0.15) is 0 Å². The molecule has 0 bridgehead atoms. The van der Waals surface area contributed by atoms with Gasteiger partial charge in [0.2, 0.25) is 0 Å². The van der Waals surface area contributed by atoms with Crippen LogP contribution in [0, 0.1) is 0 Å². The van der Waals surface area contributed by atoms with Gasteiger partial charge in [0.1, 0.15) is 0 Å². The van der Waals surface area contributed by atoms with Gasteiger partial charge in [0.25, 0.3) is 0 Å². The van der Waals surface area contributed by atoms with Gasteiger partial charge in [-0.25, -0.2) is 9.36 Å². The summed E-state index contributed by atoms with van der Waals surface area (Å²) in [6, 6.07) is 0. The fourth-order valence-corrected chi connectivity index (χ4v) is 2.80. The molecule has 0 spiro atoms. The third-order valence-corrected chi connectivity index (χ3v) is 4.21. The summed E-state index contributed by atoms with van der Waals surface area (Å²) in [6.45, 7) is 1.06. The number of rotatable bonds is 14. The minimum Gasteiger partial charge on any atom is -1.00 e. The summed E-state index contributed by atoms with van der Waals surface area (Å²) < 4.78 is 14.4. The standard InChI is InChI=1S/C15H31O8P.Na.H/c1-2-3-4-5-6-7-8-9-10-13(17)11-15(19,12-16)14(18)23-24(20,21)22;;/h13,16-17,19H,2-12H2,1H3,(H2,20,21,22);;/q;+1;-1. The molecule has 25 heavy (non-hydrogen) atoms. The van der Waals surface area contributed by atoms with E-state index < -0.39 is 38.5 Å². The third kappa shape index (κ3) is 14.3. The summed E-state index contributed by atoms with van der Waals surface area (Å²) >= 11 is 0. The number of aliphatic hydroxyl groups is 3. The predicted molar refractivity (Wildman–Crippen MR) is 89.1 cm³/mol. The van der Waals surface area contributed by atoms with Crippen molar-refractivity contribution in [3.8, 4) is 0 Å². The monoisotopic (exact) mass is 394 g/mol. The number of phosphoric acid groups is 1. The molecular weight excluding hydrogens is 362 g/mol. The molecule has 2 atom stereocenters. The van der Waals surface area contributed by atoms with Crippen molar-refractivity contribution in [3.05, 3.63) is 0 Å². The number of unbranched alkanes of at least 4 members (excludes halogenated alkanes) is 7. The summed E-state index contributed by atoms with van der Waals surface area (Å²) in [5.74, 6) is -1.65. The van der Waals surface area contributed by atoms with E-state index in [1.165, 1.54) is 25.7 Å². The molecule has 0 aliphatic carbocycles. The van der Waals surface area contributed by atoms with Crippen LogP contribution in [0.5, 0.6) is 0 Å². The van der Waals surface area contributed by atoms with Crippen LogP contribution in [0.2, 0.25) is 0 Å². The van der Waals surface area contributed by atoms with E-state index in [1.807, 2.05) is 0 Å². The largest absolute Gasteiger partial charge is 1.00 e. The van der Waals surface area contributed by atoms with Crippen molar-refractivity contribution in [2.75, 3.05) is 6.61 Å². The normalized spacial score (nSPS) is 15.1. The van der Waals surface area contributed by atoms with E-state index >= 15 is 0 Å². The van der Waals surface area contributed by atoms with Crippen molar-refractivity contribution >= 4 is 13.8 Å². The van der Waals surface area contributed by atoms with E-state index in [2.05, 4.69) is 11.4 Å². The molecular formula is C15H32NaO8P. The third-order valence-electron chi connectivity index (χ3n) is 3.81. The molecule has 8 nitrogen and oxygen atoms in total. The molecule has 0 saturated heterocycles. The average Bonchev–Trinajstić information content (AvgIpc) is 2.48. The van der Waals surface area contributed by atoms with Crippen LogP contribution in [0.3, 0.4) is 0 Å². The summed E-state index contributed by atoms with van der Waals surface area (Å²) in [5.41, 5.74) is -2.53. The molecule has 0 heterocycles. The van der Waals surface area contributed by atoms with Crippen LogP contribution in [-0.4, -0.2) is 49.4 Å². The van der Waals surface area contributed by atoms with Crippen LogP contribution in [0.25, 0.3) is 0 Å². The van der Waals surface area contributed by atoms with Gasteiger partial charge in [-0.15, -0.1) is 0 Å². The Hall–Kier alpha value is 0.500. The van der Waals surface area contributed by atoms with E-state index in [9.17, 15) is 19.6 Å². The van der Waals surface area contributed by atoms with Crippen molar-refractivity contribution in [3.63, 3.8) is 0 Å². The summed E-state index contributed by atoms with van der Waals surface area (Å²) in [4.78, 5) is 28.7. The number of hydrogen-bond donors (Lipinski definition) is 5. The molecule has 0 radical (unpaired) electrons. The van der Waals surface area contributed by atoms with Gasteiger partial charge in [-0.05, 0) is 6.42 Å². The first-order chi connectivity index (χ1) is 11.1. The van der Waals surface area contributed by atoms with Gasteiger partial charge < -0.3 is 21.3 Å². The molecule has 0 amide bonds. The maximum atomic E-state index is 11.5. The van der Waals surface area contributed by atoms with E-state index in [4.69, 9.17) is 14.9 Å². The van der Waals surface area contributed by atoms with Gasteiger partial charge in [-0.1, -0.05) is 58.3 Å². The zero-order valence-electron chi connectivity index (χ0n) is 16.3. The molecule has 10 heteroatoms. The van der Waals surface area contributed by atoms with Crippen LogP contribution in [0.1, 0.15) is 72.6 Å². The van der Waals surface area contributed by atoms with Gasteiger partial charge >= 0.3 is 43.3 Å². The summed E-state index contributed by atoms with van der Waals surface area (Å²) in [6.07, 6.45) is 7.34. The molecule has 0 saturated carbocycles. The van der Waals surface area contributed by atoms with Crippen molar-refractivity contribution in [1.29, 1.82) is 0 Å². The summed E-state index contributed by atoms with van der Waals surface area (Å²) in [7, 11) is -5.12. The molecule has 0 aliphatic heterocycles. The Morgan fingerprint density at radius 1 is 1.12 bits per heavy atom. The molecule has 0 fully saturated rings. The van der Waals surface area contributed by atoms with Gasteiger partial charge in [0, 0.05) is 6.42 Å². The van der Waals surface area contributed by atoms with Crippen molar-refractivity contribution < 1.29 is 70.0 Å². The van der Waals surface area contributed by atoms with Crippen LogP contribution in [0.4, 0.5) is 0 Å². The first-order valence-corrected chi connectivity index (χ1v) is 9.98. The number of carbonyl (C=O) groups excluding carboxylic acids is 1. The van der Waals surface area contributed by atoms with E-state index in [0.29, 0.717) is 12.8 Å². The van der Waals surface area contributed by atoms with Crippen molar-refractivity contribution in [2.24, 2.45) is 0 Å². The second kappa shape index (κ2) is 14.5. The molecule has 0 aromatic rings. The molecule has 2 unspecified atom stereocenters. The number of carbonyl (C=O) groups is 1. The number of aliphatic hydroxyl groups excluding tert-OH is 2. The Balaban J connectivity index is -0.00000264. The Labute approximate surface area is 173 Å². The number of phosphoric ester groups is 1. The quantitative estimate of drug-likeness (QED) is 0.140. The zero-order chi connectivity index (χ0) is 18.6. The average molecular weight is 394 g/mol. The molecule has 146 valence electrons. The maximum Gasteiger partial charge on any atom is 1.00 e. The minimum atomic E-state index is -5.12. The first kappa shape index (κ1) is 27.7. The van der Waals surface area contributed by atoms with Crippen LogP contribution >= 0.6 is 7.82 Å². The predicted octanol–water partition coefficient (Wildman–Crippen LogP) is -1.26.